The smallest absolute Gasteiger partial charge is 0.133 e. The van der Waals surface area contributed by atoms with E-state index in [0.29, 0.717) is 0 Å². The number of rotatable bonds is 5. The number of thiocyanates is 1. The van der Waals surface area contributed by atoms with Gasteiger partial charge in [-0.15, -0.1) is 0 Å². The van der Waals surface area contributed by atoms with E-state index in [2.05, 4.69) is 46.5 Å². The molecule has 0 radical (unpaired) electrons. The van der Waals surface area contributed by atoms with Gasteiger partial charge in [0.25, 0.3) is 0 Å². The Balaban J connectivity index is 2.49. The number of aryl methyl sites for hydroxylation is 2. The first-order chi connectivity index (χ1) is 7.27. The third-order valence-corrected chi connectivity index (χ3v) is 3.63. The summed E-state index contributed by atoms with van der Waals surface area (Å²) in [5, 5.41) is 10.5. The van der Waals surface area contributed by atoms with E-state index in [4.69, 9.17) is 5.26 Å². The molecule has 1 aromatic carbocycles. The van der Waals surface area contributed by atoms with Gasteiger partial charge in [0.1, 0.15) is 5.40 Å². The summed E-state index contributed by atoms with van der Waals surface area (Å²) in [6.45, 7) is 2.16. The van der Waals surface area contributed by atoms with Crippen LogP contribution in [0.25, 0.3) is 0 Å². The molecule has 0 aliphatic carbocycles. The van der Waals surface area contributed by atoms with Crippen molar-refractivity contribution in [3.63, 3.8) is 0 Å². The standard InChI is InChI=1S/C12H14BrNS/c1-2-11-6-5-10(8-12(11)13)4-3-7-15-9-14/h5-6,8H,2-4,7H2,1H3. The lowest BCUT2D eigenvalue weighted by Gasteiger charge is -2.04. The lowest BCUT2D eigenvalue weighted by molar-refractivity contribution is 0.931. The van der Waals surface area contributed by atoms with Crippen molar-refractivity contribution < 1.29 is 0 Å². The van der Waals surface area contributed by atoms with Crippen LogP contribution in [0.2, 0.25) is 0 Å². The Kier molecular flexibility index (Phi) is 5.82. The lowest BCUT2D eigenvalue weighted by Crippen LogP contribution is -1.90. The molecule has 80 valence electrons. The molecule has 1 nitrogen and oxygen atoms in total. The minimum absolute atomic E-state index is 0.920. The van der Waals surface area contributed by atoms with Gasteiger partial charge in [0, 0.05) is 10.2 Å². The highest BCUT2D eigenvalue weighted by atomic mass is 79.9. The second-order valence-corrected chi connectivity index (χ2v) is 5.06. The van der Waals surface area contributed by atoms with Gasteiger partial charge in [0.05, 0.1) is 0 Å². The van der Waals surface area contributed by atoms with Crippen molar-refractivity contribution in [3.05, 3.63) is 33.8 Å². The molecule has 0 saturated carbocycles. The van der Waals surface area contributed by atoms with Crippen LogP contribution in [0, 0.1) is 10.7 Å². The van der Waals surface area contributed by atoms with E-state index >= 15 is 0 Å². The highest BCUT2D eigenvalue weighted by molar-refractivity contribution is 9.10. The predicted octanol–water partition coefficient (Wildman–Crippen LogP) is 4.16. The fraction of sp³-hybridized carbons (Fsp3) is 0.417. The van der Waals surface area contributed by atoms with Gasteiger partial charge in [-0.2, -0.15) is 5.26 Å². The van der Waals surface area contributed by atoms with Crippen LogP contribution in [0.5, 0.6) is 0 Å². The number of halogens is 1. The maximum atomic E-state index is 8.38. The first-order valence-corrected chi connectivity index (χ1v) is 6.84. The Labute approximate surface area is 104 Å². The van der Waals surface area contributed by atoms with Crippen LogP contribution in [0.4, 0.5) is 0 Å². The van der Waals surface area contributed by atoms with Crippen molar-refractivity contribution in [2.45, 2.75) is 26.2 Å². The van der Waals surface area contributed by atoms with E-state index in [-0.39, 0.29) is 0 Å². The molecule has 0 heterocycles. The van der Waals surface area contributed by atoms with Crippen LogP contribution in [0.15, 0.2) is 22.7 Å². The van der Waals surface area contributed by atoms with E-state index in [1.165, 1.54) is 27.4 Å². The second kappa shape index (κ2) is 6.92. The van der Waals surface area contributed by atoms with Crippen LogP contribution in [-0.2, 0) is 12.8 Å². The van der Waals surface area contributed by atoms with Crippen LogP contribution in [0.3, 0.4) is 0 Å². The number of nitriles is 1. The molecule has 0 bridgehead atoms. The first kappa shape index (κ1) is 12.6. The van der Waals surface area contributed by atoms with Crippen molar-refractivity contribution >= 4 is 27.7 Å². The summed E-state index contributed by atoms with van der Waals surface area (Å²) in [5.41, 5.74) is 2.70. The van der Waals surface area contributed by atoms with Crippen LogP contribution in [-0.4, -0.2) is 5.75 Å². The van der Waals surface area contributed by atoms with Crippen LogP contribution >= 0.6 is 27.7 Å². The predicted molar refractivity (Wildman–Crippen MR) is 69.9 cm³/mol. The minimum atomic E-state index is 0.920. The maximum Gasteiger partial charge on any atom is 0.133 e. The van der Waals surface area contributed by atoms with Gasteiger partial charge in [0.15, 0.2) is 0 Å². The fourth-order valence-electron chi connectivity index (χ4n) is 1.43. The fourth-order valence-corrected chi connectivity index (χ4v) is 2.51. The molecule has 0 aliphatic heterocycles. The average molecular weight is 284 g/mol. The topological polar surface area (TPSA) is 23.8 Å². The molecule has 0 saturated heterocycles. The quantitative estimate of drug-likeness (QED) is 0.599. The highest BCUT2D eigenvalue weighted by Gasteiger charge is 1.99. The third kappa shape index (κ3) is 4.27. The van der Waals surface area contributed by atoms with Crippen molar-refractivity contribution in [1.82, 2.24) is 0 Å². The number of hydrogen-bond donors (Lipinski definition) is 0. The number of nitrogens with zero attached hydrogens (tertiary/aromatic N) is 1. The molecule has 0 aromatic heterocycles. The Bertz CT molecular complexity index is 357. The molecule has 1 aromatic rings. The Morgan fingerprint density at radius 1 is 1.47 bits per heavy atom. The van der Waals surface area contributed by atoms with Gasteiger partial charge in [-0.05, 0) is 48.2 Å². The van der Waals surface area contributed by atoms with E-state index in [1.807, 2.05) is 0 Å². The number of hydrogen-bond acceptors (Lipinski definition) is 2. The SMILES string of the molecule is CCc1ccc(CCCSC#N)cc1Br. The van der Waals surface area contributed by atoms with Crippen molar-refractivity contribution in [1.29, 1.82) is 5.26 Å². The summed E-state index contributed by atoms with van der Waals surface area (Å²) >= 11 is 4.91. The summed E-state index contributed by atoms with van der Waals surface area (Å²) in [4.78, 5) is 0. The molecular weight excluding hydrogens is 270 g/mol. The summed E-state index contributed by atoms with van der Waals surface area (Å²) in [6, 6.07) is 6.55. The van der Waals surface area contributed by atoms with E-state index in [9.17, 15) is 0 Å². The monoisotopic (exact) mass is 283 g/mol. The molecule has 0 fully saturated rings. The molecule has 0 aliphatic rings. The van der Waals surface area contributed by atoms with Crippen molar-refractivity contribution in [2.75, 3.05) is 5.75 Å². The largest absolute Gasteiger partial charge is 0.185 e. The molecule has 15 heavy (non-hydrogen) atoms. The maximum absolute atomic E-state index is 8.38. The van der Waals surface area contributed by atoms with Gasteiger partial charge >= 0.3 is 0 Å². The van der Waals surface area contributed by atoms with Crippen LogP contribution in [0.1, 0.15) is 24.5 Å². The Hall–Kier alpha value is -0.460. The molecular formula is C12H14BrNS. The summed E-state index contributed by atoms with van der Waals surface area (Å²) in [6.07, 6.45) is 3.18. The Morgan fingerprint density at radius 2 is 2.27 bits per heavy atom. The van der Waals surface area contributed by atoms with Gasteiger partial charge in [-0.25, -0.2) is 0 Å². The highest BCUT2D eigenvalue weighted by Crippen LogP contribution is 2.20. The van der Waals surface area contributed by atoms with Gasteiger partial charge in [0.2, 0.25) is 0 Å². The minimum Gasteiger partial charge on any atom is -0.185 e. The van der Waals surface area contributed by atoms with Crippen molar-refractivity contribution in [2.24, 2.45) is 0 Å². The molecule has 0 N–H and O–H groups in total. The van der Waals surface area contributed by atoms with Gasteiger partial charge in [-0.3, -0.25) is 0 Å². The molecule has 0 amide bonds. The van der Waals surface area contributed by atoms with Crippen molar-refractivity contribution in [3.8, 4) is 5.40 Å². The van der Waals surface area contributed by atoms with E-state index in [1.54, 1.807) is 0 Å². The van der Waals surface area contributed by atoms with E-state index in [0.717, 1.165) is 25.0 Å². The third-order valence-electron chi connectivity index (χ3n) is 2.27. The van der Waals surface area contributed by atoms with E-state index < -0.39 is 0 Å². The molecule has 0 spiro atoms. The average Bonchev–Trinajstić information content (AvgIpc) is 2.25. The molecule has 3 heteroatoms. The molecule has 0 unspecified atom stereocenters. The normalized spacial score (nSPS) is 9.93. The zero-order valence-electron chi connectivity index (χ0n) is 8.79. The number of benzene rings is 1. The first-order valence-electron chi connectivity index (χ1n) is 5.06. The summed E-state index contributed by atoms with van der Waals surface area (Å²) < 4.78 is 1.20. The zero-order valence-corrected chi connectivity index (χ0v) is 11.2. The van der Waals surface area contributed by atoms with Gasteiger partial charge < -0.3 is 0 Å². The summed E-state index contributed by atoms with van der Waals surface area (Å²) in [7, 11) is 0. The number of thioether (sulfide) groups is 1. The lowest BCUT2D eigenvalue weighted by atomic mass is 10.1. The van der Waals surface area contributed by atoms with Gasteiger partial charge in [-0.1, -0.05) is 35.0 Å². The second-order valence-electron chi connectivity index (χ2n) is 3.32. The Morgan fingerprint density at radius 3 is 2.87 bits per heavy atom. The molecule has 0 atom stereocenters. The summed E-state index contributed by atoms with van der Waals surface area (Å²) in [5.74, 6) is 0.920. The van der Waals surface area contributed by atoms with Crippen LogP contribution < -0.4 is 0 Å². The molecule has 1 rings (SSSR count). The zero-order chi connectivity index (χ0) is 11.1.